The summed E-state index contributed by atoms with van der Waals surface area (Å²) >= 11 is 1.75. The van der Waals surface area contributed by atoms with Crippen LogP contribution in [0, 0.1) is 0 Å². The molecule has 0 amide bonds. The lowest BCUT2D eigenvalue weighted by atomic mass is 9.84. The van der Waals surface area contributed by atoms with Crippen LogP contribution in [-0.4, -0.2) is 14.8 Å². The number of rotatable bonds is 6. The quantitative estimate of drug-likeness (QED) is 0.159. The highest BCUT2D eigenvalue weighted by molar-refractivity contribution is 7.18. The van der Waals surface area contributed by atoms with Crippen LogP contribution < -0.4 is 0 Å². The standard InChI is InChI=1S/C52H33N3S/c1-3-15-36(16-4-1)51-53-54-52(55(51)42-19-5-2-6-20-42)48-30-29-47(56-48)39-27-28-45-46(33-39)50(41-26-24-35-14-8-10-18-38(35)32-41)44-22-12-11-21-43(44)49(45)40-25-23-34-13-7-9-17-37(34)31-40/h1-33H. The number of fused-ring (bicyclic) bond motifs is 4. The molecule has 2 aromatic heterocycles. The lowest BCUT2D eigenvalue weighted by Crippen LogP contribution is -1.99. The van der Waals surface area contributed by atoms with Gasteiger partial charge in [-0.1, -0.05) is 158 Å². The molecule has 0 N–H and O–H groups in total. The first-order valence-corrected chi connectivity index (χ1v) is 19.7. The third-order valence-electron chi connectivity index (χ3n) is 10.9. The Bertz CT molecular complexity index is 3250. The number of hydrogen-bond donors (Lipinski definition) is 0. The van der Waals surface area contributed by atoms with Crippen molar-refractivity contribution < 1.29 is 0 Å². The molecule has 0 fully saturated rings. The Morgan fingerprint density at radius 2 is 0.821 bits per heavy atom. The summed E-state index contributed by atoms with van der Waals surface area (Å²) in [6.07, 6.45) is 0. The van der Waals surface area contributed by atoms with Gasteiger partial charge >= 0.3 is 0 Å². The minimum atomic E-state index is 0.820. The first kappa shape index (κ1) is 32.3. The zero-order valence-electron chi connectivity index (χ0n) is 30.3. The molecule has 11 rings (SSSR count). The molecule has 11 aromatic rings. The van der Waals surface area contributed by atoms with Crippen molar-refractivity contribution in [2.75, 3.05) is 0 Å². The van der Waals surface area contributed by atoms with E-state index in [-0.39, 0.29) is 0 Å². The molecule has 0 spiro atoms. The maximum absolute atomic E-state index is 4.80. The molecular formula is C52H33N3S. The fourth-order valence-electron chi connectivity index (χ4n) is 8.30. The van der Waals surface area contributed by atoms with Gasteiger partial charge in [0.25, 0.3) is 0 Å². The van der Waals surface area contributed by atoms with Crippen LogP contribution in [0.3, 0.4) is 0 Å². The van der Waals surface area contributed by atoms with Gasteiger partial charge in [0.15, 0.2) is 11.6 Å². The predicted octanol–water partition coefficient (Wildman–Crippen LogP) is 14.3. The average molecular weight is 732 g/mol. The summed E-state index contributed by atoms with van der Waals surface area (Å²) in [5.41, 5.74) is 8.16. The van der Waals surface area contributed by atoms with Gasteiger partial charge in [-0.15, -0.1) is 21.5 Å². The van der Waals surface area contributed by atoms with Crippen molar-refractivity contribution in [2.45, 2.75) is 0 Å². The van der Waals surface area contributed by atoms with Crippen LogP contribution in [0.2, 0.25) is 0 Å². The van der Waals surface area contributed by atoms with E-state index < -0.39 is 0 Å². The largest absolute Gasteiger partial charge is 0.274 e. The molecule has 56 heavy (non-hydrogen) atoms. The zero-order valence-corrected chi connectivity index (χ0v) is 31.1. The normalized spacial score (nSPS) is 11.6. The van der Waals surface area contributed by atoms with Crippen molar-refractivity contribution in [2.24, 2.45) is 0 Å². The summed E-state index contributed by atoms with van der Waals surface area (Å²) in [5, 5.41) is 19.4. The summed E-state index contributed by atoms with van der Waals surface area (Å²) in [6, 6.07) is 72.1. The van der Waals surface area contributed by atoms with E-state index in [4.69, 9.17) is 10.2 Å². The van der Waals surface area contributed by atoms with Gasteiger partial charge in [0.2, 0.25) is 0 Å². The van der Waals surface area contributed by atoms with E-state index >= 15 is 0 Å². The Hall–Kier alpha value is -7.14. The summed E-state index contributed by atoms with van der Waals surface area (Å²) in [6.45, 7) is 0. The van der Waals surface area contributed by atoms with Crippen LogP contribution >= 0.6 is 11.3 Å². The number of para-hydroxylation sites is 1. The van der Waals surface area contributed by atoms with Crippen molar-refractivity contribution in [3.05, 3.63) is 200 Å². The average Bonchev–Trinajstić information content (AvgIpc) is 3.94. The molecule has 0 unspecified atom stereocenters. The van der Waals surface area contributed by atoms with Crippen molar-refractivity contribution in [1.82, 2.24) is 14.8 Å². The Kier molecular flexibility index (Phi) is 7.68. The molecule has 2 heterocycles. The van der Waals surface area contributed by atoms with Gasteiger partial charge in [0, 0.05) is 16.1 Å². The Morgan fingerprint density at radius 3 is 1.48 bits per heavy atom. The smallest absolute Gasteiger partial charge is 0.178 e. The lowest BCUT2D eigenvalue weighted by molar-refractivity contribution is 1.08. The second kappa shape index (κ2) is 13.3. The van der Waals surface area contributed by atoms with Gasteiger partial charge in [-0.25, -0.2) is 0 Å². The van der Waals surface area contributed by atoms with E-state index in [9.17, 15) is 0 Å². The van der Waals surface area contributed by atoms with E-state index in [0.29, 0.717) is 0 Å². The predicted molar refractivity (Wildman–Crippen MR) is 236 cm³/mol. The molecule has 0 aliphatic rings. The first-order valence-electron chi connectivity index (χ1n) is 18.9. The van der Waals surface area contributed by atoms with Gasteiger partial charge in [-0.3, -0.25) is 4.57 Å². The van der Waals surface area contributed by atoms with Crippen molar-refractivity contribution in [3.63, 3.8) is 0 Å². The third kappa shape index (κ3) is 5.42. The van der Waals surface area contributed by atoms with Crippen LogP contribution in [0.25, 0.3) is 104 Å². The van der Waals surface area contributed by atoms with Gasteiger partial charge < -0.3 is 0 Å². The van der Waals surface area contributed by atoms with E-state index in [2.05, 4.69) is 180 Å². The molecule has 0 bridgehead atoms. The molecule has 0 saturated carbocycles. The summed E-state index contributed by atoms with van der Waals surface area (Å²) in [5.74, 6) is 1.65. The fraction of sp³-hybridized carbons (Fsp3) is 0. The third-order valence-corrected chi connectivity index (χ3v) is 12.1. The second-order valence-corrected chi connectivity index (χ2v) is 15.3. The topological polar surface area (TPSA) is 30.7 Å². The lowest BCUT2D eigenvalue weighted by Gasteiger charge is -2.19. The highest BCUT2D eigenvalue weighted by Crippen LogP contribution is 2.46. The number of aromatic nitrogens is 3. The Labute approximate surface area is 328 Å². The van der Waals surface area contributed by atoms with Crippen LogP contribution in [0.1, 0.15) is 0 Å². The molecule has 0 radical (unpaired) electrons. The summed E-state index contributed by atoms with van der Waals surface area (Å²) in [7, 11) is 0. The van der Waals surface area contributed by atoms with Crippen LogP contribution in [0.5, 0.6) is 0 Å². The number of benzene rings is 9. The van der Waals surface area contributed by atoms with Gasteiger partial charge in [-0.2, -0.15) is 0 Å². The van der Waals surface area contributed by atoms with Crippen LogP contribution in [-0.2, 0) is 0 Å². The molecule has 9 aromatic carbocycles. The molecule has 0 saturated heterocycles. The molecule has 4 heteroatoms. The fourth-order valence-corrected chi connectivity index (χ4v) is 9.27. The van der Waals surface area contributed by atoms with Crippen molar-refractivity contribution >= 4 is 54.4 Å². The van der Waals surface area contributed by atoms with Gasteiger partial charge in [0.1, 0.15) is 0 Å². The molecule has 262 valence electrons. The Balaban J connectivity index is 1.13. The SMILES string of the molecule is c1ccc(-c2nnc(-c3ccc(-c4ccc5c(-c6ccc7ccccc7c6)c6ccccc6c(-c6ccc7ccccc7c6)c5c4)s3)n2-c2ccccc2)cc1. The van der Waals surface area contributed by atoms with Crippen molar-refractivity contribution in [1.29, 1.82) is 0 Å². The summed E-state index contributed by atoms with van der Waals surface area (Å²) in [4.78, 5) is 2.24. The van der Waals surface area contributed by atoms with E-state index in [1.807, 2.05) is 24.3 Å². The molecule has 0 atom stereocenters. The van der Waals surface area contributed by atoms with Crippen molar-refractivity contribution in [3.8, 4) is 60.5 Å². The minimum Gasteiger partial charge on any atom is -0.274 e. The number of thiophene rings is 1. The highest BCUT2D eigenvalue weighted by Gasteiger charge is 2.21. The minimum absolute atomic E-state index is 0.820. The Morgan fingerprint density at radius 1 is 0.321 bits per heavy atom. The maximum atomic E-state index is 4.80. The van der Waals surface area contributed by atoms with Gasteiger partial charge in [0.05, 0.1) is 4.88 Å². The molecule has 0 aliphatic carbocycles. The van der Waals surface area contributed by atoms with Crippen LogP contribution in [0.15, 0.2) is 200 Å². The first-order chi connectivity index (χ1) is 27.8. The van der Waals surface area contributed by atoms with E-state index in [0.717, 1.165) is 27.8 Å². The number of hydrogen-bond acceptors (Lipinski definition) is 3. The van der Waals surface area contributed by atoms with Gasteiger partial charge in [-0.05, 0) is 113 Å². The molecular weight excluding hydrogens is 699 g/mol. The highest BCUT2D eigenvalue weighted by atomic mass is 32.1. The summed E-state index contributed by atoms with van der Waals surface area (Å²) < 4.78 is 2.17. The monoisotopic (exact) mass is 731 g/mol. The molecule has 3 nitrogen and oxygen atoms in total. The maximum Gasteiger partial charge on any atom is 0.178 e. The second-order valence-electron chi connectivity index (χ2n) is 14.2. The van der Waals surface area contributed by atoms with E-state index in [1.54, 1.807) is 11.3 Å². The van der Waals surface area contributed by atoms with E-state index in [1.165, 1.54) is 75.8 Å². The number of nitrogens with zero attached hydrogens (tertiary/aromatic N) is 3. The zero-order chi connectivity index (χ0) is 37.0. The van der Waals surface area contributed by atoms with Crippen LogP contribution in [0.4, 0.5) is 0 Å². The molecule has 0 aliphatic heterocycles.